The molecule has 1 rings (SSSR count). The molecule has 0 spiro atoms. The van der Waals surface area contributed by atoms with E-state index in [1.165, 1.54) is 16.7 Å². The lowest BCUT2D eigenvalue weighted by Crippen LogP contribution is -2.48. The van der Waals surface area contributed by atoms with Gasteiger partial charge in [0.25, 0.3) is 5.91 Å². The van der Waals surface area contributed by atoms with Crippen LogP contribution in [0.25, 0.3) is 0 Å². The van der Waals surface area contributed by atoms with Crippen LogP contribution in [0.3, 0.4) is 0 Å². The molecule has 1 aromatic heterocycles. The largest absolute Gasteiger partial charge is 0.464 e. The van der Waals surface area contributed by atoms with Gasteiger partial charge in [0, 0.05) is 5.38 Å². The Labute approximate surface area is 120 Å². The summed E-state index contributed by atoms with van der Waals surface area (Å²) in [6.45, 7) is 5.15. The topological polar surface area (TPSA) is 94.6 Å². The van der Waals surface area contributed by atoms with Gasteiger partial charge in [0.05, 0.1) is 18.2 Å². The number of hydrogen-bond donors (Lipinski definition) is 1. The number of carbonyl (C=O) groups excluding carboxylic acids is 3. The monoisotopic (exact) mass is 300 g/mol. The van der Waals surface area contributed by atoms with E-state index < -0.39 is 23.9 Å². The summed E-state index contributed by atoms with van der Waals surface area (Å²) in [5, 5.41) is 4.52. The maximum absolute atomic E-state index is 11.9. The second-order valence-corrected chi connectivity index (χ2v) is 4.72. The van der Waals surface area contributed by atoms with Crippen LogP contribution in [0.15, 0.2) is 5.38 Å². The Hall–Kier alpha value is -1.96. The number of esters is 2. The molecule has 0 bridgehead atoms. The van der Waals surface area contributed by atoms with Gasteiger partial charge in [0.2, 0.25) is 6.04 Å². The van der Waals surface area contributed by atoms with Gasteiger partial charge in [0.15, 0.2) is 0 Å². The average Bonchev–Trinajstić information content (AvgIpc) is 2.83. The lowest BCUT2D eigenvalue weighted by molar-refractivity contribution is -0.157. The normalized spacial score (nSPS) is 10.2. The van der Waals surface area contributed by atoms with Crippen LogP contribution >= 0.6 is 11.3 Å². The van der Waals surface area contributed by atoms with Crippen molar-refractivity contribution >= 4 is 29.2 Å². The average molecular weight is 300 g/mol. The third kappa shape index (κ3) is 4.30. The Morgan fingerprint density at radius 1 is 1.25 bits per heavy atom. The minimum absolute atomic E-state index is 0.0976. The zero-order chi connectivity index (χ0) is 15.1. The number of thiazole rings is 1. The molecule has 1 aromatic rings. The predicted molar refractivity (Wildman–Crippen MR) is 71.4 cm³/mol. The fraction of sp³-hybridized carbons (Fsp3) is 0.500. The Morgan fingerprint density at radius 2 is 1.80 bits per heavy atom. The van der Waals surface area contributed by atoms with E-state index in [-0.39, 0.29) is 18.9 Å². The zero-order valence-electron chi connectivity index (χ0n) is 11.5. The number of amides is 1. The zero-order valence-corrected chi connectivity index (χ0v) is 12.3. The lowest BCUT2D eigenvalue weighted by Gasteiger charge is -2.15. The molecule has 0 aliphatic carbocycles. The van der Waals surface area contributed by atoms with Crippen molar-refractivity contribution in [3.8, 4) is 0 Å². The third-order valence-electron chi connectivity index (χ3n) is 2.17. The number of aromatic nitrogens is 1. The molecule has 1 N–H and O–H groups in total. The van der Waals surface area contributed by atoms with Crippen LogP contribution in [0.4, 0.5) is 0 Å². The van der Waals surface area contributed by atoms with Crippen molar-refractivity contribution < 1.29 is 23.9 Å². The second kappa shape index (κ2) is 7.59. The molecule has 0 saturated heterocycles. The number of rotatable bonds is 6. The summed E-state index contributed by atoms with van der Waals surface area (Å²) >= 11 is 1.29. The molecular formula is C12H16N2O5S. The van der Waals surface area contributed by atoms with Crippen LogP contribution < -0.4 is 5.32 Å². The molecule has 0 saturated carbocycles. The SMILES string of the molecule is CCOC(=O)C(NC(=O)c1csc(C)n1)C(=O)OCC. The minimum Gasteiger partial charge on any atom is -0.464 e. The first-order valence-corrected chi connectivity index (χ1v) is 6.93. The molecule has 1 heterocycles. The number of nitrogens with zero attached hydrogens (tertiary/aromatic N) is 1. The van der Waals surface area contributed by atoms with E-state index in [0.29, 0.717) is 5.01 Å². The molecular weight excluding hydrogens is 284 g/mol. The number of hydrogen-bond acceptors (Lipinski definition) is 7. The van der Waals surface area contributed by atoms with Gasteiger partial charge >= 0.3 is 11.9 Å². The summed E-state index contributed by atoms with van der Waals surface area (Å²) in [6.07, 6.45) is 0. The molecule has 0 unspecified atom stereocenters. The maximum atomic E-state index is 11.9. The molecule has 0 fully saturated rings. The van der Waals surface area contributed by atoms with Gasteiger partial charge < -0.3 is 14.8 Å². The fourth-order valence-electron chi connectivity index (χ4n) is 1.34. The first kappa shape index (κ1) is 16.1. The first-order chi connectivity index (χ1) is 9.49. The highest BCUT2D eigenvalue weighted by Gasteiger charge is 2.32. The number of nitrogens with one attached hydrogen (secondary N) is 1. The highest BCUT2D eigenvalue weighted by molar-refractivity contribution is 7.09. The van der Waals surface area contributed by atoms with Crippen LogP contribution in [0, 0.1) is 6.92 Å². The quantitative estimate of drug-likeness (QED) is 0.613. The lowest BCUT2D eigenvalue weighted by atomic mass is 10.3. The summed E-state index contributed by atoms with van der Waals surface area (Å²) in [5.74, 6) is -2.34. The van der Waals surface area contributed by atoms with E-state index in [1.54, 1.807) is 20.8 Å². The molecule has 110 valence electrons. The van der Waals surface area contributed by atoms with Crippen LogP contribution in [0.2, 0.25) is 0 Å². The van der Waals surface area contributed by atoms with Crippen molar-refractivity contribution in [2.45, 2.75) is 26.8 Å². The Kier molecular flexibility index (Phi) is 6.10. The molecule has 0 aliphatic heterocycles. The standard InChI is InChI=1S/C12H16N2O5S/c1-4-18-11(16)9(12(17)19-5-2)14-10(15)8-6-20-7(3)13-8/h6,9H,4-5H2,1-3H3,(H,14,15). The van der Waals surface area contributed by atoms with Crippen LogP contribution in [-0.2, 0) is 19.1 Å². The van der Waals surface area contributed by atoms with Gasteiger partial charge in [-0.2, -0.15) is 0 Å². The highest BCUT2D eigenvalue weighted by Crippen LogP contribution is 2.08. The molecule has 7 nitrogen and oxygen atoms in total. The first-order valence-electron chi connectivity index (χ1n) is 6.05. The number of carbonyl (C=O) groups is 3. The Bertz CT molecular complexity index is 482. The van der Waals surface area contributed by atoms with Gasteiger partial charge in [-0.3, -0.25) is 4.79 Å². The molecule has 0 aliphatic rings. The van der Waals surface area contributed by atoms with Crippen molar-refractivity contribution in [3.63, 3.8) is 0 Å². The van der Waals surface area contributed by atoms with Crippen molar-refractivity contribution in [1.29, 1.82) is 0 Å². The molecule has 0 aromatic carbocycles. The third-order valence-corrected chi connectivity index (χ3v) is 2.95. The van der Waals surface area contributed by atoms with Crippen molar-refractivity contribution in [1.82, 2.24) is 10.3 Å². The van der Waals surface area contributed by atoms with Gasteiger partial charge in [-0.05, 0) is 20.8 Å². The van der Waals surface area contributed by atoms with Crippen molar-refractivity contribution in [2.24, 2.45) is 0 Å². The maximum Gasteiger partial charge on any atom is 0.340 e. The van der Waals surface area contributed by atoms with E-state index in [2.05, 4.69) is 10.3 Å². The van der Waals surface area contributed by atoms with Crippen LogP contribution in [0.5, 0.6) is 0 Å². The van der Waals surface area contributed by atoms with Crippen molar-refractivity contribution in [3.05, 3.63) is 16.1 Å². The second-order valence-electron chi connectivity index (χ2n) is 3.66. The summed E-state index contributed by atoms with van der Waals surface area (Å²) in [6, 6.07) is -1.48. The minimum atomic E-state index is -1.48. The van der Waals surface area contributed by atoms with Crippen LogP contribution in [0.1, 0.15) is 29.3 Å². The molecule has 0 radical (unpaired) electrons. The van der Waals surface area contributed by atoms with E-state index in [9.17, 15) is 14.4 Å². The number of aryl methyl sites for hydroxylation is 1. The molecule has 1 amide bonds. The number of ether oxygens (including phenoxy) is 2. The Balaban J connectivity index is 2.80. The van der Waals surface area contributed by atoms with Gasteiger partial charge in [-0.25, -0.2) is 14.6 Å². The summed E-state index contributed by atoms with van der Waals surface area (Å²) in [5.41, 5.74) is 0.145. The van der Waals surface area contributed by atoms with E-state index in [4.69, 9.17) is 9.47 Å². The van der Waals surface area contributed by atoms with Crippen LogP contribution in [-0.4, -0.2) is 42.1 Å². The summed E-state index contributed by atoms with van der Waals surface area (Å²) < 4.78 is 9.48. The van der Waals surface area contributed by atoms with Gasteiger partial charge in [-0.15, -0.1) is 11.3 Å². The van der Waals surface area contributed by atoms with E-state index >= 15 is 0 Å². The fourth-order valence-corrected chi connectivity index (χ4v) is 1.93. The summed E-state index contributed by atoms with van der Waals surface area (Å²) in [7, 11) is 0. The predicted octanol–water partition coefficient (Wildman–Crippen LogP) is 0.676. The Morgan fingerprint density at radius 3 is 2.20 bits per heavy atom. The molecule has 20 heavy (non-hydrogen) atoms. The van der Waals surface area contributed by atoms with Crippen molar-refractivity contribution in [2.75, 3.05) is 13.2 Å². The van der Waals surface area contributed by atoms with Gasteiger partial charge in [0.1, 0.15) is 5.69 Å². The van der Waals surface area contributed by atoms with Gasteiger partial charge in [-0.1, -0.05) is 0 Å². The van der Waals surface area contributed by atoms with E-state index in [1.807, 2.05) is 0 Å². The highest BCUT2D eigenvalue weighted by atomic mass is 32.1. The smallest absolute Gasteiger partial charge is 0.340 e. The van der Waals surface area contributed by atoms with E-state index in [0.717, 1.165) is 0 Å². The molecule has 0 atom stereocenters. The summed E-state index contributed by atoms with van der Waals surface area (Å²) in [4.78, 5) is 39.2. The molecule has 8 heteroatoms.